The van der Waals surface area contributed by atoms with E-state index in [9.17, 15) is 9.59 Å². The van der Waals surface area contributed by atoms with Crippen molar-refractivity contribution in [2.24, 2.45) is 0 Å². The minimum Gasteiger partial charge on any atom is -0.469 e. The molecule has 16 heavy (non-hydrogen) atoms. The van der Waals surface area contributed by atoms with E-state index in [0.717, 1.165) is 0 Å². The molecule has 1 aromatic heterocycles. The number of hydrogen-bond donors (Lipinski definition) is 3. The van der Waals surface area contributed by atoms with Crippen molar-refractivity contribution in [3.8, 4) is 0 Å². The van der Waals surface area contributed by atoms with Crippen LogP contribution in [-0.4, -0.2) is 40.9 Å². The summed E-state index contributed by atoms with van der Waals surface area (Å²) in [6.45, 7) is 0.347. The van der Waals surface area contributed by atoms with Crippen LogP contribution in [0.15, 0.2) is 0 Å². The molecule has 1 rings (SSSR count). The number of carbonyl (C=O) groups is 2. The lowest BCUT2D eigenvalue weighted by atomic mass is 10.3. The Morgan fingerprint density at radius 3 is 2.81 bits per heavy atom. The summed E-state index contributed by atoms with van der Waals surface area (Å²) >= 11 is 0. The van der Waals surface area contributed by atoms with Crippen molar-refractivity contribution in [2.45, 2.75) is 12.8 Å². The molecule has 4 N–H and O–H groups in total. The second kappa shape index (κ2) is 5.69. The molecule has 0 spiro atoms. The normalized spacial score (nSPS) is 9.81. The van der Waals surface area contributed by atoms with Gasteiger partial charge in [0, 0.05) is 13.0 Å². The highest BCUT2D eigenvalue weighted by molar-refractivity contribution is 5.96. The topological polar surface area (TPSA) is 123 Å². The minimum absolute atomic E-state index is 0.0467. The zero-order valence-electron chi connectivity index (χ0n) is 8.82. The molecule has 0 radical (unpaired) electrons. The number of esters is 1. The molecule has 88 valence electrons. The molecule has 0 saturated heterocycles. The van der Waals surface area contributed by atoms with Gasteiger partial charge in [-0.15, -0.1) is 10.2 Å². The number of methoxy groups -OCH3 is 1. The third-order valence-corrected chi connectivity index (χ3v) is 1.86. The van der Waals surface area contributed by atoms with Crippen LogP contribution in [0.2, 0.25) is 0 Å². The molecule has 0 fully saturated rings. The van der Waals surface area contributed by atoms with Crippen LogP contribution >= 0.6 is 0 Å². The number of nitrogens with zero attached hydrogens (tertiary/aromatic N) is 2. The molecule has 8 heteroatoms. The van der Waals surface area contributed by atoms with Gasteiger partial charge in [-0.05, 0) is 6.42 Å². The number of nitrogens with two attached hydrogens (primary N) is 1. The van der Waals surface area contributed by atoms with Crippen LogP contribution in [0.1, 0.15) is 23.3 Å². The van der Waals surface area contributed by atoms with Gasteiger partial charge < -0.3 is 15.8 Å². The zero-order valence-corrected chi connectivity index (χ0v) is 8.82. The Labute approximate surface area is 91.5 Å². The maximum Gasteiger partial charge on any atom is 0.305 e. The molecule has 0 aliphatic rings. The molecule has 0 saturated carbocycles. The number of anilines is 1. The number of rotatable bonds is 5. The average Bonchev–Trinajstić information content (AvgIpc) is 2.70. The van der Waals surface area contributed by atoms with Gasteiger partial charge >= 0.3 is 5.97 Å². The highest BCUT2D eigenvalue weighted by Gasteiger charge is 2.13. The monoisotopic (exact) mass is 227 g/mol. The van der Waals surface area contributed by atoms with Crippen LogP contribution in [0.4, 0.5) is 5.82 Å². The molecule has 0 aliphatic carbocycles. The number of aromatic nitrogens is 3. The third kappa shape index (κ3) is 3.23. The average molecular weight is 227 g/mol. The highest BCUT2D eigenvalue weighted by atomic mass is 16.5. The molecule has 8 nitrogen and oxygen atoms in total. The van der Waals surface area contributed by atoms with E-state index in [0.29, 0.717) is 13.0 Å². The van der Waals surface area contributed by atoms with Gasteiger partial charge in [-0.25, -0.2) is 0 Å². The maximum absolute atomic E-state index is 11.4. The third-order valence-electron chi connectivity index (χ3n) is 1.86. The Hall–Kier alpha value is -2.12. The summed E-state index contributed by atoms with van der Waals surface area (Å²) in [5.41, 5.74) is 5.43. The molecular weight excluding hydrogens is 214 g/mol. The Bertz CT molecular complexity index is 376. The summed E-state index contributed by atoms with van der Waals surface area (Å²) < 4.78 is 4.45. The van der Waals surface area contributed by atoms with Crippen molar-refractivity contribution < 1.29 is 14.3 Å². The van der Waals surface area contributed by atoms with Gasteiger partial charge in [0.05, 0.1) is 7.11 Å². The number of H-pyrrole nitrogens is 1. The number of ether oxygens (including phenoxy) is 1. The van der Waals surface area contributed by atoms with Crippen molar-refractivity contribution in [3.63, 3.8) is 0 Å². The second-order valence-corrected chi connectivity index (χ2v) is 2.99. The van der Waals surface area contributed by atoms with E-state index in [2.05, 4.69) is 25.5 Å². The number of hydrogen-bond acceptors (Lipinski definition) is 6. The van der Waals surface area contributed by atoms with Crippen molar-refractivity contribution >= 4 is 17.7 Å². The maximum atomic E-state index is 11.4. The summed E-state index contributed by atoms with van der Waals surface area (Å²) in [6, 6.07) is 0. The molecule has 0 aliphatic heterocycles. The van der Waals surface area contributed by atoms with E-state index in [-0.39, 0.29) is 23.9 Å². The fourth-order valence-electron chi connectivity index (χ4n) is 1.03. The summed E-state index contributed by atoms with van der Waals surface area (Å²) in [7, 11) is 1.32. The quantitative estimate of drug-likeness (QED) is 0.441. The molecule has 1 aromatic rings. The number of carbonyl (C=O) groups excluding carboxylic acids is 2. The van der Waals surface area contributed by atoms with Crippen molar-refractivity contribution in [2.75, 3.05) is 19.4 Å². The van der Waals surface area contributed by atoms with Crippen molar-refractivity contribution in [3.05, 3.63) is 5.69 Å². The summed E-state index contributed by atoms with van der Waals surface area (Å²) in [5, 5.41) is 11.9. The van der Waals surface area contributed by atoms with Crippen molar-refractivity contribution in [1.82, 2.24) is 20.7 Å². The molecule has 0 aromatic carbocycles. The van der Waals surface area contributed by atoms with Gasteiger partial charge in [0.25, 0.3) is 5.91 Å². The van der Waals surface area contributed by atoms with Gasteiger partial charge in [0.2, 0.25) is 0 Å². The number of nitrogen functional groups attached to an aromatic ring is 1. The van der Waals surface area contributed by atoms with Crippen LogP contribution in [0.5, 0.6) is 0 Å². The molecule has 1 heterocycles. The number of amides is 1. The first-order chi connectivity index (χ1) is 7.65. The summed E-state index contributed by atoms with van der Waals surface area (Å²) in [4.78, 5) is 22.2. The Balaban J connectivity index is 2.26. The standard InChI is InChI=1S/C8H13N5O3/c1-16-5(14)3-2-4-10-8(15)6-7(9)12-13-11-6/h2-4H2,1H3,(H,10,15)(H3,9,11,12,13). The molecular formula is C8H13N5O3. The van der Waals surface area contributed by atoms with Gasteiger partial charge in [0.15, 0.2) is 11.5 Å². The van der Waals surface area contributed by atoms with E-state index < -0.39 is 5.91 Å². The fourth-order valence-corrected chi connectivity index (χ4v) is 1.03. The van der Waals surface area contributed by atoms with E-state index in [4.69, 9.17) is 5.73 Å². The Morgan fingerprint density at radius 2 is 2.25 bits per heavy atom. The molecule has 1 amide bonds. The Morgan fingerprint density at radius 1 is 1.50 bits per heavy atom. The predicted molar refractivity (Wildman–Crippen MR) is 54.4 cm³/mol. The second-order valence-electron chi connectivity index (χ2n) is 2.99. The lowest BCUT2D eigenvalue weighted by molar-refractivity contribution is -0.140. The van der Waals surface area contributed by atoms with Gasteiger partial charge in [-0.3, -0.25) is 9.59 Å². The molecule has 0 bridgehead atoms. The first-order valence-electron chi connectivity index (χ1n) is 4.66. The van der Waals surface area contributed by atoms with E-state index >= 15 is 0 Å². The molecule has 0 unspecified atom stereocenters. The lowest BCUT2D eigenvalue weighted by Gasteiger charge is -2.02. The Kier molecular flexibility index (Phi) is 4.25. The predicted octanol–water partition coefficient (Wildman–Crippen LogP) is -0.930. The van der Waals surface area contributed by atoms with Crippen molar-refractivity contribution in [1.29, 1.82) is 0 Å². The van der Waals surface area contributed by atoms with Gasteiger partial charge in [-0.2, -0.15) is 5.21 Å². The SMILES string of the molecule is COC(=O)CCCNC(=O)c1n[nH]nc1N. The summed E-state index contributed by atoms with van der Waals surface area (Å²) in [6.07, 6.45) is 0.751. The first-order valence-corrected chi connectivity index (χ1v) is 4.66. The van der Waals surface area contributed by atoms with Crippen LogP contribution in [0.3, 0.4) is 0 Å². The smallest absolute Gasteiger partial charge is 0.305 e. The lowest BCUT2D eigenvalue weighted by Crippen LogP contribution is -2.26. The van der Waals surface area contributed by atoms with Crippen LogP contribution in [0, 0.1) is 0 Å². The van der Waals surface area contributed by atoms with Gasteiger partial charge in [-0.1, -0.05) is 0 Å². The van der Waals surface area contributed by atoms with E-state index in [1.165, 1.54) is 7.11 Å². The number of aromatic amines is 1. The summed E-state index contributed by atoms with van der Waals surface area (Å²) in [5.74, 6) is -0.684. The van der Waals surface area contributed by atoms with E-state index in [1.807, 2.05) is 0 Å². The minimum atomic E-state index is -0.420. The van der Waals surface area contributed by atoms with Crippen LogP contribution < -0.4 is 11.1 Å². The van der Waals surface area contributed by atoms with Gasteiger partial charge in [0.1, 0.15) is 0 Å². The largest absolute Gasteiger partial charge is 0.469 e. The van der Waals surface area contributed by atoms with Crippen LogP contribution in [-0.2, 0) is 9.53 Å². The first kappa shape index (κ1) is 12.0. The fraction of sp³-hybridized carbons (Fsp3) is 0.500. The zero-order chi connectivity index (χ0) is 12.0. The number of nitrogens with one attached hydrogen (secondary N) is 2. The van der Waals surface area contributed by atoms with Crippen LogP contribution in [0.25, 0.3) is 0 Å². The highest BCUT2D eigenvalue weighted by Crippen LogP contribution is 2.01. The molecule has 0 atom stereocenters. The van der Waals surface area contributed by atoms with E-state index in [1.54, 1.807) is 0 Å².